The Hall–Kier alpha value is -2.81. The van der Waals surface area contributed by atoms with Crippen molar-refractivity contribution in [2.75, 3.05) is 18.1 Å². The highest BCUT2D eigenvalue weighted by Crippen LogP contribution is 2.30. The molecule has 3 rings (SSSR count). The van der Waals surface area contributed by atoms with Crippen LogP contribution in [0.15, 0.2) is 42.9 Å². The van der Waals surface area contributed by atoms with Gasteiger partial charge in [-0.3, -0.25) is 9.59 Å². The van der Waals surface area contributed by atoms with E-state index < -0.39 is 66.3 Å². The summed E-state index contributed by atoms with van der Waals surface area (Å²) < 4.78 is 53.6. The molecule has 1 aliphatic rings. The predicted octanol–water partition coefficient (Wildman–Crippen LogP) is 4.71. The summed E-state index contributed by atoms with van der Waals surface area (Å²) in [5, 5.41) is 17.8. The maximum absolute atomic E-state index is 14.3. The van der Waals surface area contributed by atoms with Crippen LogP contribution in [-0.2, 0) is 42.3 Å². The van der Waals surface area contributed by atoms with Crippen molar-refractivity contribution in [3.8, 4) is 0 Å². The van der Waals surface area contributed by atoms with E-state index in [0.717, 1.165) is 44.1 Å². The third kappa shape index (κ3) is 15.1. The molecule has 53 heavy (non-hydrogen) atoms. The number of carbonyl (C=O) groups excluding carboxylic acids is 2. The Kier molecular flexibility index (Phi) is 17.5. The number of aromatic amines is 1. The van der Waals surface area contributed by atoms with Gasteiger partial charge in [0, 0.05) is 24.9 Å². The molecule has 2 aromatic rings. The number of rotatable bonds is 22. The highest BCUT2D eigenvalue weighted by Gasteiger charge is 2.37. The number of H-pyrrole nitrogens is 1. The summed E-state index contributed by atoms with van der Waals surface area (Å²) in [6.07, 6.45) is 9.75. The number of unbranched alkanes of at least 4 members (excludes halogenated alkanes) is 1. The number of sulfone groups is 1. The van der Waals surface area contributed by atoms with Gasteiger partial charge >= 0.3 is 0 Å². The first-order valence-electron chi connectivity index (χ1n) is 19.4. The summed E-state index contributed by atoms with van der Waals surface area (Å²) in [6.45, 7) is 10.9. The molecule has 0 bridgehead atoms. The smallest absolute Gasteiger partial charge is 0.243 e. The maximum atomic E-state index is 14.3. The van der Waals surface area contributed by atoms with E-state index in [2.05, 4.69) is 25.3 Å². The van der Waals surface area contributed by atoms with E-state index in [9.17, 15) is 31.5 Å². The maximum Gasteiger partial charge on any atom is 0.243 e. The van der Waals surface area contributed by atoms with Gasteiger partial charge in [0.15, 0.2) is 9.84 Å². The molecule has 0 saturated heterocycles. The lowest BCUT2D eigenvalue weighted by molar-refractivity contribution is -0.131. The quantitative estimate of drug-likeness (QED) is 0.114. The summed E-state index contributed by atoms with van der Waals surface area (Å²) in [4.78, 5) is 35.4. The number of amides is 2. The minimum Gasteiger partial charge on any atom is -0.391 e. The highest BCUT2D eigenvalue weighted by atomic mass is 32.2. The number of imidazole rings is 1. The summed E-state index contributed by atoms with van der Waals surface area (Å²) in [5.41, 5.74) is 1.40. The Balaban J connectivity index is 1.88. The van der Waals surface area contributed by atoms with E-state index in [1.54, 1.807) is 27.0 Å². The van der Waals surface area contributed by atoms with Crippen molar-refractivity contribution >= 4 is 31.7 Å². The minimum absolute atomic E-state index is 0.0506. The number of aliphatic hydroxyl groups excluding tert-OH is 1. The number of aromatic nitrogens is 2. The van der Waals surface area contributed by atoms with Crippen molar-refractivity contribution in [3.63, 3.8) is 0 Å². The van der Waals surface area contributed by atoms with Crippen molar-refractivity contribution in [2.45, 2.75) is 135 Å². The van der Waals surface area contributed by atoms with E-state index in [1.807, 2.05) is 51.1 Å². The number of carbonyl (C=O) groups is 2. The Morgan fingerprint density at radius 3 is 2.25 bits per heavy atom. The van der Waals surface area contributed by atoms with E-state index in [1.165, 1.54) is 6.33 Å². The van der Waals surface area contributed by atoms with E-state index in [0.29, 0.717) is 24.5 Å². The van der Waals surface area contributed by atoms with Gasteiger partial charge in [0.25, 0.3) is 0 Å². The zero-order valence-electron chi connectivity index (χ0n) is 32.6. The molecule has 1 fully saturated rings. The van der Waals surface area contributed by atoms with Crippen LogP contribution < -0.4 is 15.4 Å². The predicted molar refractivity (Wildman–Crippen MR) is 210 cm³/mol. The molecule has 300 valence electrons. The number of sulfonamides is 1. The Labute approximate surface area is 318 Å². The lowest BCUT2D eigenvalue weighted by Crippen LogP contribution is -2.55. The van der Waals surface area contributed by atoms with Crippen molar-refractivity contribution in [2.24, 2.45) is 23.7 Å². The normalized spacial score (nSPS) is 17.5. The number of aliphatic hydroxyl groups is 1. The first kappa shape index (κ1) is 44.6. The van der Waals surface area contributed by atoms with Crippen molar-refractivity contribution in [1.29, 1.82) is 0 Å². The molecule has 1 aliphatic carbocycles. The molecule has 0 aliphatic heterocycles. The monoisotopic (exact) mass is 779 g/mol. The van der Waals surface area contributed by atoms with Gasteiger partial charge in [0.1, 0.15) is 6.04 Å². The summed E-state index contributed by atoms with van der Waals surface area (Å²) in [5.74, 6) is -2.18. The van der Waals surface area contributed by atoms with Crippen LogP contribution in [0, 0.1) is 23.7 Å². The summed E-state index contributed by atoms with van der Waals surface area (Å²) in [7, 11) is -7.16. The van der Waals surface area contributed by atoms with Crippen LogP contribution in [0.1, 0.15) is 111 Å². The van der Waals surface area contributed by atoms with Crippen molar-refractivity contribution in [1.82, 2.24) is 25.3 Å². The zero-order chi connectivity index (χ0) is 39.2. The largest absolute Gasteiger partial charge is 0.391 e. The average Bonchev–Trinajstić information content (AvgIpc) is 3.61. The van der Waals surface area contributed by atoms with Crippen LogP contribution in [0.4, 0.5) is 0 Å². The van der Waals surface area contributed by atoms with Gasteiger partial charge in [0.05, 0.1) is 40.6 Å². The third-order valence-electron chi connectivity index (χ3n) is 10.6. The Morgan fingerprint density at radius 2 is 1.66 bits per heavy atom. The number of benzene rings is 1. The number of nitrogens with one attached hydrogen (secondary N) is 4. The standard InChI is InChI=1S/C39H65N5O7S2/c1-7-8-19-53(50,51)42-24-31(28(2)3)22-36(45)34(21-30-17-13-10-14-18-30)43-38(47)35(23-33-25-40-27-41-33)44-37(46)32(20-29-15-11-9-12-16-29)26-52(48,49)39(4,5)6/h9,11-12,15-16,25,27-28,30-32,34-36,42,45H,7-8,10,13-14,17-24,26H2,1-6H3,(H,40,41)(H,43,47)(H,44,46)/t31-,32?,34+,35+,36+/m1/s1. The number of nitrogens with zero attached hydrogens (tertiary/aromatic N) is 1. The molecular weight excluding hydrogens is 715 g/mol. The van der Waals surface area contributed by atoms with Gasteiger partial charge < -0.3 is 20.7 Å². The Bertz CT molecular complexity index is 1600. The van der Waals surface area contributed by atoms with Crippen molar-refractivity contribution in [3.05, 3.63) is 54.1 Å². The molecule has 0 spiro atoms. The van der Waals surface area contributed by atoms with Gasteiger partial charge in [0.2, 0.25) is 21.8 Å². The van der Waals surface area contributed by atoms with Gasteiger partial charge in [-0.15, -0.1) is 0 Å². The molecule has 1 aromatic heterocycles. The third-order valence-corrected chi connectivity index (χ3v) is 14.7. The van der Waals surface area contributed by atoms with Crippen LogP contribution in [-0.4, -0.2) is 84.7 Å². The van der Waals surface area contributed by atoms with Crippen LogP contribution in [0.2, 0.25) is 0 Å². The van der Waals surface area contributed by atoms with Crippen LogP contribution >= 0.6 is 0 Å². The second-order valence-corrected chi connectivity index (χ2v) is 21.0. The molecule has 14 heteroatoms. The van der Waals surface area contributed by atoms with Crippen LogP contribution in [0.3, 0.4) is 0 Å². The van der Waals surface area contributed by atoms with Crippen LogP contribution in [0.5, 0.6) is 0 Å². The molecule has 5 N–H and O–H groups in total. The molecular formula is C39H65N5O7S2. The van der Waals surface area contributed by atoms with Crippen molar-refractivity contribution < 1.29 is 31.5 Å². The van der Waals surface area contributed by atoms with E-state index in [4.69, 9.17) is 0 Å². The molecule has 5 atom stereocenters. The van der Waals surface area contributed by atoms with E-state index in [-0.39, 0.29) is 43.4 Å². The van der Waals surface area contributed by atoms with Gasteiger partial charge in [-0.2, -0.15) is 0 Å². The number of hydrogen-bond donors (Lipinski definition) is 5. The molecule has 1 heterocycles. The molecule has 2 amide bonds. The fraction of sp³-hybridized carbons (Fsp3) is 0.718. The molecule has 1 saturated carbocycles. The average molecular weight is 780 g/mol. The summed E-state index contributed by atoms with van der Waals surface area (Å²) >= 11 is 0. The molecule has 0 radical (unpaired) electrons. The first-order chi connectivity index (χ1) is 24.9. The minimum atomic E-state index is -3.71. The molecule has 12 nitrogen and oxygen atoms in total. The van der Waals surface area contributed by atoms with Crippen LogP contribution in [0.25, 0.3) is 0 Å². The second-order valence-electron chi connectivity index (χ2n) is 16.3. The fourth-order valence-corrected chi connectivity index (χ4v) is 9.42. The summed E-state index contributed by atoms with van der Waals surface area (Å²) in [6, 6.07) is 7.47. The Morgan fingerprint density at radius 1 is 0.981 bits per heavy atom. The first-order valence-corrected chi connectivity index (χ1v) is 22.7. The zero-order valence-corrected chi connectivity index (χ0v) is 34.3. The lowest BCUT2D eigenvalue weighted by Gasteiger charge is -2.34. The second kappa shape index (κ2) is 20.8. The SMILES string of the molecule is CCCCS(=O)(=O)NC[C@@H](C[C@H](O)[C@H](CC1CCCCC1)NC(=O)[C@H](Cc1cnc[nH]1)NC(=O)C(Cc1ccccc1)CS(=O)(=O)C(C)(C)C)C(C)C. The van der Waals surface area contributed by atoms with Gasteiger partial charge in [-0.05, 0) is 69.8 Å². The number of hydrogen-bond acceptors (Lipinski definition) is 8. The fourth-order valence-electron chi connectivity index (χ4n) is 6.84. The van der Waals surface area contributed by atoms with E-state index >= 15 is 0 Å². The lowest BCUT2D eigenvalue weighted by atomic mass is 9.81. The topological polar surface area (TPSA) is 187 Å². The molecule has 1 unspecified atom stereocenters. The molecule has 1 aromatic carbocycles. The van der Waals surface area contributed by atoms with Gasteiger partial charge in [-0.1, -0.05) is 89.6 Å². The highest BCUT2D eigenvalue weighted by molar-refractivity contribution is 7.92. The van der Waals surface area contributed by atoms with Gasteiger partial charge in [-0.25, -0.2) is 26.5 Å².